The highest BCUT2D eigenvalue weighted by molar-refractivity contribution is 5.26. The van der Waals surface area contributed by atoms with Crippen LogP contribution in [0.15, 0.2) is 60.7 Å². The first-order valence-corrected chi connectivity index (χ1v) is 6.73. The van der Waals surface area contributed by atoms with Crippen LogP contribution in [0.3, 0.4) is 0 Å². The van der Waals surface area contributed by atoms with Crippen molar-refractivity contribution in [3.8, 4) is 12.1 Å². The summed E-state index contributed by atoms with van der Waals surface area (Å²) in [6.07, 6.45) is 1.68. The van der Waals surface area contributed by atoms with Crippen molar-refractivity contribution in [2.75, 3.05) is 0 Å². The highest BCUT2D eigenvalue weighted by Gasteiger charge is 2.22. The molecule has 0 aliphatic rings. The molecule has 2 nitrogen and oxygen atoms in total. The van der Waals surface area contributed by atoms with Crippen LogP contribution in [0.4, 0.5) is 0 Å². The fourth-order valence-corrected chi connectivity index (χ4v) is 2.40. The number of hydrogen-bond donors (Lipinski definition) is 0. The molecule has 2 aromatic carbocycles. The molecule has 0 spiro atoms. The van der Waals surface area contributed by atoms with Crippen molar-refractivity contribution in [3.63, 3.8) is 0 Å². The first kappa shape index (κ1) is 13.8. The van der Waals surface area contributed by atoms with Crippen molar-refractivity contribution in [1.29, 1.82) is 10.5 Å². The van der Waals surface area contributed by atoms with Crippen LogP contribution in [0, 0.1) is 28.6 Å². The van der Waals surface area contributed by atoms with Gasteiger partial charge in [-0.2, -0.15) is 10.5 Å². The Morgan fingerprint density at radius 1 is 0.800 bits per heavy atom. The zero-order valence-corrected chi connectivity index (χ0v) is 11.2. The number of hydrogen-bond acceptors (Lipinski definition) is 2. The van der Waals surface area contributed by atoms with Gasteiger partial charge in [0.25, 0.3) is 0 Å². The molecule has 2 aromatic rings. The van der Waals surface area contributed by atoms with Crippen LogP contribution >= 0.6 is 0 Å². The van der Waals surface area contributed by atoms with Crippen LogP contribution in [0.1, 0.15) is 23.5 Å². The van der Waals surface area contributed by atoms with Gasteiger partial charge in [-0.1, -0.05) is 60.7 Å². The Hall–Kier alpha value is -2.58. The highest BCUT2D eigenvalue weighted by atomic mass is 14.4. The number of nitriles is 2. The Kier molecular flexibility index (Phi) is 4.93. The van der Waals surface area contributed by atoms with Crippen molar-refractivity contribution in [2.45, 2.75) is 18.8 Å². The summed E-state index contributed by atoms with van der Waals surface area (Å²) < 4.78 is 0. The van der Waals surface area contributed by atoms with Gasteiger partial charge in [-0.15, -0.1) is 0 Å². The zero-order valence-electron chi connectivity index (χ0n) is 11.2. The standard InChI is InChI=1S/C18H16N2/c19-13-17(14-20)18(16-9-5-2-6-10-16)12-11-15-7-3-1-4-8-15/h1-10,17-18H,11-12H2. The second kappa shape index (κ2) is 7.12. The number of rotatable bonds is 5. The molecule has 0 heterocycles. The van der Waals surface area contributed by atoms with Crippen molar-refractivity contribution in [1.82, 2.24) is 0 Å². The van der Waals surface area contributed by atoms with E-state index in [0.29, 0.717) is 0 Å². The SMILES string of the molecule is N#CC(C#N)C(CCc1ccccc1)c1ccccc1. The lowest BCUT2D eigenvalue weighted by molar-refractivity contribution is 0.563. The number of benzene rings is 2. The molecule has 0 bridgehead atoms. The normalized spacial score (nSPS) is 11.6. The van der Waals surface area contributed by atoms with E-state index in [4.69, 9.17) is 0 Å². The molecule has 0 saturated carbocycles. The number of nitrogens with zero attached hydrogens (tertiary/aromatic N) is 2. The van der Waals surface area contributed by atoms with Gasteiger partial charge in [-0.05, 0) is 24.0 Å². The molecule has 0 radical (unpaired) electrons. The molecule has 2 heteroatoms. The topological polar surface area (TPSA) is 47.6 Å². The van der Waals surface area contributed by atoms with Crippen LogP contribution in [0.5, 0.6) is 0 Å². The zero-order chi connectivity index (χ0) is 14.2. The molecule has 0 N–H and O–H groups in total. The van der Waals surface area contributed by atoms with E-state index in [0.717, 1.165) is 18.4 Å². The molecule has 0 aliphatic heterocycles. The van der Waals surface area contributed by atoms with Crippen molar-refractivity contribution >= 4 is 0 Å². The fraction of sp³-hybridized carbons (Fsp3) is 0.222. The lowest BCUT2D eigenvalue weighted by Gasteiger charge is -2.17. The first-order valence-electron chi connectivity index (χ1n) is 6.73. The minimum absolute atomic E-state index is 0.0357. The Labute approximate surface area is 119 Å². The maximum atomic E-state index is 9.18. The lowest BCUT2D eigenvalue weighted by atomic mass is 9.83. The third-order valence-electron chi connectivity index (χ3n) is 3.50. The third-order valence-corrected chi connectivity index (χ3v) is 3.50. The molecule has 1 unspecified atom stereocenters. The number of aryl methyl sites for hydroxylation is 1. The van der Waals surface area contributed by atoms with E-state index in [1.165, 1.54) is 5.56 Å². The minimum atomic E-state index is -0.596. The van der Waals surface area contributed by atoms with E-state index in [9.17, 15) is 10.5 Å². The monoisotopic (exact) mass is 260 g/mol. The summed E-state index contributed by atoms with van der Waals surface area (Å²) in [6.45, 7) is 0. The van der Waals surface area contributed by atoms with Gasteiger partial charge in [0.1, 0.15) is 5.92 Å². The average Bonchev–Trinajstić information content (AvgIpc) is 2.53. The van der Waals surface area contributed by atoms with E-state index >= 15 is 0 Å². The largest absolute Gasteiger partial charge is 0.197 e. The summed E-state index contributed by atoms with van der Waals surface area (Å²) in [5.74, 6) is -0.632. The van der Waals surface area contributed by atoms with E-state index in [2.05, 4.69) is 24.3 Å². The fourth-order valence-electron chi connectivity index (χ4n) is 2.40. The van der Waals surface area contributed by atoms with Crippen LogP contribution in [0.25, 0.3) is 0 Å². The summed E-state index contributed by atoms with van der Waals surface area (Å²) in [5, 5.41) is 18.4. The quantitative estimate of drug-likeness (QED) is 0.813. The highest BCUT2D eigenvalue weighted by Crippen LogP contribution is 2.29. The van der Waals surface area contributed by atoms with Gasteiger partial charge in [0.15, 0.2) is 0 Å². The summed E-state index contributed by atoms with van der Waals surface area (Å²) in [4.78, 5) is 0. The molecule has 20 heavy (non-hydrogen) atoms. The molecule has 0 saturated heterocycles. The van der Waals surface area contributed by atoms with E-state index in [-0.39, 0.29) is 5.92 Å². The molecule has 0 fully saturated rings. The van der Waals surface area contributed by atoms with E-state index in [1.54, 1.807) is 0 Å². The van der Waals surface area contributed by atoms with Crippen LogP contribution in [-0.4, -0.2) is 0 Å². The van der Waals surface area contributed by atoms with Gasteiger partial charge in [0.2, 0.25) is 0 Å². The van der Waals surface area contributed by atoms with Crippen molar-refractivity contribution in [3.05, 3.63) is 71.8 Å². The Morgan fingerprint density at radius 2 is 1.35 bits per heavy atom. The van der Waals surface area contributed by atoms with E-state index in [1.807, 2.05) is 48.5 Å². The summed E-state index contributed by atoms with van der Waals surface area (Å²) in [5.41, 5.74) is 2.31. The Morgan fingerprint density at radius 3 is 1.90 bits per heavy atom. The van der Waals surface area contributed by atoms with Gasteiger partial charge < -0.3 is 0 Å². The molecule has 0 aliphatic carbocycles. The predicted octanol–water partition coefficient (Wildman–Crippen LogP) is 4.07. The van der Waals surface area contributed by atoms with Crippen LogP contribution in [-0.2, 0) is 6.42 Å². The minimum Gasteiger partial charge on any atom is -0.197 e. The Balaban J connectivity index is 2.16. The lowest BCUT2D eigenvalue weighted by Crippen LogP contribution is -2.11. The second-order valence-corrected chi connectivity index (χ2v) is 4.78. The van der Waals surface area contributed by atoms with Gasteiger partial charge in [0, 0.05) is 5.92 Å². The molecular formula is C18H16N2. The Bertz CT molecular complexity index is 591. The maximum absolute atomic E-state index is 9.18. The second-order valence-electron chi connectivity index (χ2n) is 4.78. The predicted molar refractivity (Wildman–Crippen MR) is 78.7 cm³/mol. The third kappa shape index (κ3) is 3.46. The summed E-state index contributed by atoms with van der Waals surface area (Å²) in [6, 6.07) is 24.3. The molecule has 1 atom stereocenters. The van der Waals surface area contributed by atoms with Crippen LogP contribution < -0.4 is 0 Å². The van der Waals surface area contributed by atoms with Gasteiger partial charge in [-0.3, -0.25) is 0 Å². The van der Waals surface area contributed by atoms with E-state index < -0.39 is 5.92 Å². The molecule has 0 aromatic heterocycles. The summed E-state index contributed by atoms with van der Waals surface area (Å²) >= 11 is 0. The van der Waals surface area contributed by atoms with Gasteiger partial charge >= 0.3 is 0 Å². The van der Waals surface area contributed by atoms with Gasteiger partial charge in [-0.25, -0.2) is 0 Å². The smallest absolute Gasteiger partial charge is 0.140 e. The molecule has 0 amide bonds. The maximum Gasteiger partial charge on any atom is 0.140 e. The summed E-state index contributed by atoms with van der Waals surface area (Å²) in [7, 11) is 0. The molecule has 98 valence electrons. The van der Waals surface area contributed by atoms with Crippen LogP contribution in [0.2, 0.25) is 0 Å². The molecule has 2 rings (SSSR count). The van der Waals surface area contributed by atoms with Crippen molar-refractivity contribution in [2.24, 2.45) is 5.92 Å². The first-order chi connectivity index (χ1) is 9.85. The average molecular weight is 260 g/mol. The molecular weight excluding hydrogens is 244 g/mol. The van der Waals surface area contributed by atoms with Crippen molar-refractivity contribution < 1.29 is 0 Å². The van der Waals surface area contributed by atoms with Gasteiger partial charge in [0.05, 0.1) is 12.1 Å².